The summed E-state index contributed by atoms with van der Waals surface area (Å²) in [7, 11) is 0. The molecule has 0 radical (unpaired) electrons. The zero-order valence-electron chi connectivity index (χ0n) is 21.7. The molecule has 1 aromatic heterocycles. The third-order valence-corrected chi connectivity index (χ3v) is 8.99. The van der Waals surface area contributed by atoms with Crippen molar-refractivity contribution in [2.45, 2.75) is 95.2 Å². The van der Waals surface area contributed by atoms with Crippen LogP contribution in [-0.2, 0) is 0 Å². The lowest BCUT2D eigenvalue weighted by atomic mass is 9.77. The second-order valence-electron chi connectivity index (χ2n) is 11.6. The van der Waals surface area contributed by atoms with E-state index in [2.05, 4.69) is 75.7 Å². The average molecular weight is 487 g/mol. The molecule has 5 atom stereocenters. The van der Waals surface area contributed by atoms with E-state index in [0.717, 1.165) is 44.3 Å². The number of fused-ring (bicyclic) bond motifs is 3. The smallest absolute Gasteiger partial charge is 0.0556 e. The fraction of sp³-hybridized carbons (Fsp3) is 0.567. The lowest BCUT2D eigenvalue weighted by Gasteiger charge is -2.36. The molecule has 6 heteroatoms. The Morgan fingerprint density at radius 3 is 2.94 bits per heavy atom. The first-order chi connectivity index (χ1) is 17.6. The van der Waals surface area contributed by atoms with E-state index in [-0.39, 0.29) is 0 Å². The van der Waals surface area contributed by atoms with E-state index in [1.807, 2.05) is 0 Å². The highest BCUT2D eigenvalue weighted by Crippen LogP contribution is 2.39. The summed E-state index contributed by atoms with van der Waals surface area (Å²) in [6.07, 6.45) is 22.9. The standard InChI is InChI=1S/C30H42N6/c1-19-5-3-8-28(35-19)30-26(18-34-36-30)22-6-4-7-23-15-24(17-33-27(23)10-9-22)25-13-20(2)32-16-21-11-12-31-29(25)14-21/h4,7,16-19,22-23,27-28,31-33,35H,2-3,5-6,8-15H2,1H3,(H,34,36)/b7-4+,21-16+,29-25-. The summed E-state index contributed by atoms with van der Waals surface area (Å²) in [5, 5.41) is 22.7. The van der Waals surface area contributed by atoms with Crippen molar-refractivity contribution >= 4 is 0 Å². The SMILES string of the molecule is C=C1C/C(C2=CNC3CCC(c4cn[nH]c4C4CCCC(C)N4)C/C=C/C3C2)=C2\C/C(=C/N1)CCN2. The second kappa shape index (κ2) is 10.3. The highest BCUT2D eigenvalue weighted by molar-refractivity contribution is 5.43. The van der Waals surface area contributed by atoms with Gasteiger partial charge in [-0.2, -0.15) is 5.10 Å². The van der Waals surface area contributed by atoms with Gasteiger partial charge in [0, 0.05) is 67.2 Å². The topological polar surface area (TPSA) is 76.8 Å². The van der Waals surface area contributed by atoms with Crippen molar-refractivity contribution < 1.29 is 0 Å². The van der Waals surface area contributed by atoms with Crippen LogP contribution in [0, 0.1) is 5.92 Å². The number of rotatable bonds is 3. The predicted octanol–water partition coefficient (Wildman–Crippen LogP) is 5.33. The van der Waals surface area contributed by atoms with E-state index in [1.165, 1.54) is 65.8 Å². The molecule has 2 fully saturated rings. The number of hydrogen-bond donors (Lipinski definition) is 5. The number of H-pyrrole nitrogens is 1. The molecule has 4 aliphatic heterocycles. The van der Waals surface area contributed by atoms with Crippen LogP contribution in [0.3, 0.4) is 0 Å². The van der Waals surface area contributed by atoms with Crippen molar-refractivity contribution in [1.82, 2.24) is 31.5 Å². The molecule has 5 unspecified atom stereocenters. The number of aromatic amines is 1. The van der Waals surface area contributed by atoms with Gasteiger partial charge in [-0.05, 0) is 86.5 Å². The normalized spacial score (nSPS) is 37.2. The van der Waals surface area contributed by atoms with Crippen molar-refractivity contribution in [2.24, 2.45) is 5.92 Å². The summed E-state index contributed by atoms with van der Waals surface area (Å²) in [6.45, 7) is 7.61. The molecule has 5 N–H and O–H groups in total. The predicted molar refractivity (Wildman–Crippen MR) is 146 cm³/mol. The van der Waals surface area contributed by atoms with Gasteiger partial charge in [-0.3, -0.25) is 5.10 Å². The highest BCUT2D eigenvalue weighted by atomic mass is 15.1. The maximum absolute atomic E-state index is 4.50. The number of aromatic nitrogens is 2. The Bertz CT molecular complexity index is 1100. The van der Waals surface area contributed by atoms with E-state index in [4.69, 9.17) is 0 Å². The molecular weight excluding hydrogens is 444 g/mol. The van der Waals surface area contributed by atoms with E-state index >= 15 is 0 Å². The van der Waals surface area contributed by atoms with Gasteiger partial charge in [0.1, 0.15) is 0 Å². The van der Waals surface area contributed by atoms with E-state index in [1.54, 1.807) is 0 Å². The second-order valence-corrected chi connectivity index (χ2v) is 11.6. The Hall–Kier alpha value is -2.73. The molecule has 0 spiro atoms. The Balaban J connectivity index is 1.17. The molecule has 36 heavy (non-hydrogen) atoms. The van der Waals surface area contributed by atoms with Crippen LogP contribution in [0.2, 0.25) is 0 Å². The molecule has 0 aromatic carbocycles. The van der Waals surface area contributed by atoms with Crippen molar-refractivity contribution in [1.29, 1.82) is 0 Å². The van der Waals surface area contributed by atoms with Crippen molar-refractivity contribution in [3.8, 4) is 0 Å². The fourth-order valence-electron chi connectivity index (χ4n) is 6.94. The van der Waals surface area contributed by atoms with Crippen LogP contribution in [0.15, 0.2) is 65.4 Å². The van der Waals surface area contributed by atoms with Gasteiger partial charge >= 0.3 is 0 Å². The monoisotopic (exact) mass is 486 g/mol. The lowest BCUT2D eigenvalue weighted by Crippen LogP contribution is -2.38. The summed E-state index contributed by atoms with van der Waals surface area (Å²) < 4.78 is 0. The van der Waals surface area contributed by atoms with Gasteiger partial charge in [0.05, 0.1) is 11.9 Å². The molecule has 6 rings (SSSR count). The summed E-state index contributed by atoms with van der Waals surface area (Å²) >= 11 is 0. The van der Waals surface area contributed by atoms with E-state index in [9.17, 15) is 0 Å². The van der Waals surface area contributed by atoms with Gasteiger partial charge in [0.15, 0.2) is 0 Å². The van der Waals surface area contributed by atoms with Crippen LogP contribution >= 0.6 is 0 Å². The Labute approximate surface area is 215 Å². The molecule has 0 saturated carbocycles. The molecule has 6 nitrogen and oxygen atoms in total. The maximum Gasteiger partial charge on any atom is 0.0556 e. The third-order valence-electron chi connectivity index (χ3n) is 8.99. The maximum atomic E-state index is 4.50. The Morgan fingerprint density at radius 1 is 1.08 bits per heavy atom. The van der Waals surface area contributed by atoms with Crippen LogP contribution in [-0.4, -0.2) is 28.8 Å². The van der Waals surface area contributed by atoms with Gasteiger partial charge in [-0.1, -0.05) is 18.7 Å². The molecular formula is C30H42N6. The molecule has 2 saturated heterocycles. The highest BCUT2D eigenvalue weighted by Gasteiger charge is 2.31. The van der Waals surface area contributed by atoms with Crippen LogP contribution in [0.25, 0.3) is 0 Å². The molecule has 5 aliphatic rings. The first-order valence-corrected chi connectivity index (χ1v) is 14.1. The summed E-state index contributed by atoms with van der Waals surface area (Å²) in [5.74, 6) is 1.07. The van der Waals surface area contributed by atoms with Crippen LogP contribution in [0.5, 0.6) is 0 Å². The Morgan fingerprint density at radius 2 is 2.03 bits per heavy atom. The van der Waals surface area contributed by atoms with Gasteiger partial charge in [-0.15, -0.1) is 0 Å². The number of allylic oxidation sites excluding steroid dienone is 4. The summed E-state index contributed by atoms with van der Waals surface area (Å²) in [5.41, 5.74) is 9.59. The Kier molecular flexibility index (Phi) is 6.79. The number of nitrogens with zero attached hydrogens (tertiary/aromatic N) is 1. The summed E-state index contributed by atoms with van der Waals surface area (Å²) in [6, 6.07) is 1.49. The molecule has 192 valence electrons. The molecule has 5 heterocycles. The number of nitrogens with one attached hydrogen (secondary N) is 5. The minimum atomic E-state index is 0.415. The molecule has 0 amide bonds. The van der Waals surface area contributed by atoms with Crippen LogP contribution < -0.4 is 21.3 Å². The molecule has 1 aliphatic carbocycles. The quantitative estimate of drug-likeness (QED) is 0.374. The van der Waals surface area contributed by atoms with E-state index < -0.39 is 0 Å². The molecule has 1 aromatic rings. The first-order valence-electron chi connectivity index (χ1n) is 14.1. The zero-order valence-corrected chi connectivity index (χ0v) is 21.7. The van der Waals surface area contributed by atoms with Gasteiger partial charge in [-0.25, -0.2) is 0 Å². The van der Waals surface area contributed by atoms with Crippen LogP contribution in [0.1, 0.15) is 94.3 Å². The van der Waals surface area contributed by atoms with Gasteiger partial charge in [0.2, 0.25) is 0 Å². The van der Waals surface area contributed by atoms with E-state index in [0.29, 0.717) is 30.0 Å². The van der Waals surface area contributed by atoms with Crippen molar-refractivity contribution in [2.75, 3.05) is 6.54 Å². The number of hydrogen-bond acceptors (Lipinski definition) is 5. The summed E-state index contributed by atoms with van der Waals surface area (Å²) in [4.78, 5) is 0. The minimum absolute atomic E-state index is 0.415. The fourth-order valence-corrected chi connectivity index (χ4v) is 6.94. The van der Waals surface area contributed by atoms with Crippen molar-refractivity contribution in [3.63, 3.8) is 0 Å². The number of piperidine rings is 2. The lowest BCUT2D eigenvalue weighted by molar-refractivity contribution is 0.331. The minimum Gasteiger partial charge on any atom is -0.388 e. The largest absolute Gasteiger partial charge is 0.388 e. The first kappa shape index (κ1) is 23.7. The van der Waals surface area contributed by atoms with Gasteiger partial charge < -0.3 is 21.3 Å². The van der Waals surface area contributed by atoms with Crippen molar-refractivity contribution in [3.05, 3.63) is 76.7 Å². The zero-order chi connectivity index (χ0) is 24.5. The third kappa shape index (κ3) is 4.93. The van der Waals surface area contributed by atoms with Gasteiger partial charge in [0.25, 0.3) is 0 Å². The van der Waals surface area contributed by atoms with Crippen LogP contribution in [0.4, 0.5) is 0 Å². The average Bonchev–Trinajstić information content (AvgIpc) is 3.36. The molecule has 2 bridgehead atoms.